The summed E-state index contributed by atoms with van der Waals surface area (Å²) >= 11 is 0. The first-order valence-electron chi connectivity index (χ1n) is 6.54. The maximum atomic E-state index is 10.9. The van der Waals surface area contributed by atoms with E-state index in [1.54, 1.807) is 6.92 Å². The van der Waals surface area contributed by atoms with E-state index < -0.39 is 11.9 Å². The van der Waals surface area contributed by atoms with E-state index in [1.165, 1.54) is 18.4 Å². The molecular weight excluding hydrogens is 226 g/mol. The number of hydrogen-bond acceptors (Lipinski definition) is 2. The van der Waals surface area contributed by atoms with E-state index >= 15 is 0 Å². The third-order valence-electron chi connectivity index (χ3n) is 3.20. The van der Waals surface area contributed by atoms with E-state index in [-0.39, 0.29) is 0 Å². The van der Waals surface area contributed by atoms with Crippen molar-refractivity contribution >= 4 is 5.97 Å². The summed E-state index contributed by atoms with van der Waals surface area (Å²) in [6, 6.07) is 7.89. The van der Waals surface area contributed by atoms with Crippen LogP contribution in [0.2, 0.25) is 0 Å². The largest absolute Gasteiger partial charge is 0.481 e. The number of aliphatic carboxylic acids is 1. The van der Waals surface area contributed by atoms with Crippen molar-refractivity contribution in [3.8, 4) is 0 Å². The average Bonchev–Trinajstić information content (AvgIpc) is 2.36. The summed E-state index contributed by atoms with van der Waals surface area (Å²) in [5.41, 5.74) is 2.09. The van der Waals surface area contributed by atoms with Crippen LogP contribution in [-0.2, 0) is 11.3 Å². The number of hydrogen-bond donors (Lipinski definition) is 1. The smallest absolute Gasteiger partial charge is 0.310 e. The van der Waals surface area contributed by atoms with Gasteiger partial charge in [0, 0.05) is 6.54 Å². The van der Waals surface area contributed by atoms with Crippen molar-refractivity contribution in [2.75, 3.05) is 13.6 Å². The Labute approximate surface area is 109 Å². The second-order valence-electron chi connectivity index (χ2n) is 4.89. The number of rotatable bonds is 7. The van der Waals surface area contributed by atoms with Crippen molar-refractivity contribution in [1.29, 1.82) is 0 Å². The minimum atomic E-state index is -0.775. The first-order chi connectivity index (χ1) is 8.54. The molecule has 0 heterocycles. The van der Waals surface area contributed by atoms with Crippen molar-refractivity contribution < 1.29 is 9.90 Å². The molecule has 1 aromatic carbocycles. The number of unbranched alkanes of at least 4 members (excludes halogenated alkanes) is 1. The highest BCUT2D eigenvalue weighted by Gasteiger charge is 2.13. The molecule has 0 radical (unpaired) electrons. The number of benzene rings is 1. The maximum Gasteiger partial charge on any atom is 0.310 e. The standard InChI is InChI=1S/C15H23NO2/c1-4-5-10-16(3)11-13-6-8-14(9-7-13)12(2)15(17)18/h6-9,12H,4-5,10-11H2,1-3H3,(H,17,18). The molecule has 3 nitrogen and oxygen atoms in total. The summed E-state index contributed by atoms with van der Waals surface area (Å²) in [5.74, 6) is -1.21. The van der Waals surface area contributed by atoms with E-state index in [9.17, 15) is 4.79 Å². The summed E-state index contributed by atoms with van der Waals surface area (Å²) in [5, 5.41) is 8.94. The molecule has 3 heteroatoms. The van der Waals surface area contributed by atoms with E-state index in [0.29, 0.717) is 0 Å². The van der Waals surface area contributed by atoms with Gasteiger partial charge in [-0.05, 0) is 38.1 Å². The van der Waals surface area contributed by atoms with E-state index in [2.05, 4.69) is 18.9 Å². The van der Waals surface area contributed by atoms with Gasteiger partial charge in [-0.25, -0.2) is 0 Å². The number of nitrogens with zero attached hydrogens (tertiary/aromatic N) is 1. The van der Waals surface area contributed by atoms with Crippen LogP contribution < -0.4 is 0 Å². The lowest BCUT2D eigenvalue weighted by Gasteiger charge is -2.16. The van der Waals surface area contributed by atoms with Crippen LogP contribution in [0.1, 0.15) is 43.7 Å². The minimum absolute atomic E-state index is 0.433. The molecule has 0 aliphatic heterocycles. The van der Waals surface area contributed by atoms with Gasteiger partial charge in [0.25, 0.3) is 0 Å². The van der Waals surface area contributed by atoms with Crippen molar-refractivity contribution in [3.05, 3.63) is 35.4 Å². The Morgan fingerprint density at radius 2 is 1.94 bits per heavy atom. The normalized spacial score (nSPS) is 12.7. The van der Waals surface area contributed by atoms with Gasteiger partial charge in [0.2, 0.25) is 0 Å². The van der Waals surface area contributed by atoms with Gasteiger partial charge >= 0.3 is 5.97 Å². The number of carbonyl (C=O) groups is 1. The highest BCUT2D eigenvalue weighted by Crippen LogP contribution is 2.16. The van der Waals surface area contributed by atoms with Crippen LogP contribution in [-0.4, -0.2) is 29.6 Å². The predicted molar refractivity (Wildman–Crippen MR) is 73.7 cm³/mol. The van der Waals surface area contributed by atoms with Crippen molar-refractivity contribution in [2.45, 2.75) is 39.2 Å². The molecule has 1 rings (SSSR count). The summed E-state index contributed by atoms with van der Waals surface area (Å²) in [6.07, 6.45) is 2.42. The molecule has 0 aliphatic rings. The third kappa shape index (κ3) is 4.49. The molecule has 0 saturated heterocycles. The van der Waals surface area contributed by atoms with E-state index in [0.717, 1.165) is 18.7 Å². The Bertz CT molecular complexity index is 373. The lowest BCUT2D eigenvalue weighted by molar-refractivity contribution is -0.138. The highest BCUT2D eigenvalue weighted by molar-refractivity contribution is 5.75. The molecule has 0 aromatic heterocycles. The van der Waals surface area contributed by atoms with Gasteiger partial charge in [-0.15, -0.1) is 0 Å². The van der Waals surface area contributed by atoms with E-state index in [1.807, 2.05) is 24.3 Å². The molecule has 1 N–H and O–H groups in total. The van der Waals surface area contributed by atoms with Gasteiger partial charge in [-0.2, -0.15) is 0 Å². The van der Waals surface area contributed by atoms with Crippen LogP contribution in [0.5, 0.6) is 0 Å². The van der Waals surface area contributed by atoms with Crippen molar-refractivity contribution in [2.24, 2.45) is 0 Å². The third-order valence-corrected chi connectivity index (χ3v) is 3.20. The quantitative estimate of drug-likeness (QED) is 0.807. The predicted octanol–water partition coefficient (Wildman–Crippen LogP) is 3.11. The van der Waals surface area contributed by atoms with Gasteiger partial charge in [-0.3, -0.25) is 4.79 Å². The molecule has 0 saturated carbocycles. The van der Waals surface area contributed by atoms with Gasteiger partial charge in [0.05, 0.1) is 5.92 Å². The van der Waals surface area contributed by atoms with Crippen molar-refractivity contribution in [1.82, 2.24) is 4.90 Å². The molecule has 0 spiro atoms. The Balaban J connectivity index is 2.57. The van der Waals surface area contributed by atoms with Crippen LogP contribution in [0.25, 0.3) is 0 Å². The zero-order chi connectivity index (χ0) is 13.5. The number of carboxylic acid groups (broad SMARTS) is 1. The Morgan fingerprint density at radius 3 is 2.44 bits per heavy atom. The molecule has 1 atom stereocenters. The van der Waals surface area contributed by atoms with Gasteiger partial charge < -0.3 is 10.0 Å². The molecule has 0 aliphatic carbocycles. The Morgan fingerprint density at radius 1 is 1.33 bits per heavy atom. The zero-order valence-electron chi connectivity index (χ0n) is 11.5. The van der Waals surface area contributed by atoms with Crippen LogP contribution >= 0.6 is 0 Å². The van der Waals surface area contributed by atoms with Crippen LogP contribution in [0.3, 0.4) is 0 Å². The first kappa shape index (κ1) is 14.7. The first-order valence-corrected chi connectivity index (χ1v) is 6.54. The lowest BCUT2D eigenvalue weighted by Crippen LogP contribution is -2.18. The van der Waals surface area contributed by atoms with E-state index in [4.69, 9.17) is 5.11 Å². The lowest BCUT2D eigenvalue weighted by atomic mass is 10.00. The fraction of sp³-hybridized carbons (Fsp3) is 0.533. The molecule has 1 unspecified atom stereocenters. The summed E-state index contributed by atoms with van der Waals surface area (Å²) in [4.78, 5) is 13.2. The van der Waals surface area contributed by atoms with Crippen LogP contribution in [0.4, 0.5) is 0 Å². The molecule has 100 valence electrons. The average molecular weight is 249 g/mol. The molecule has 0 amide bonds. The van der Waals surface area contributed by atoms with Gasteiger partial charge in [0.1, 0.15) is 0 Å². The zero-order valence-corrected chi connectivity index (χ0v) is 11.5. The summed E-state index contributed by atoms with van der Waals surface area (Å²) < 4.78 is 0. The summed E-state index contributed by atoms with van der Waals surface area (Å²) in [7, 11) is 2.11. The fourth-order valence-electron chi connectivity index (χ4n) is 1.87. The molecule has 0 fully saturated rings. The second-order valence-corrected chi connectivity index (χ2v) is 4.89. The molecule has 18 heavy (non-hydrogen) atoms. The monoisotopic (exact) mass is 249 g/mol. The molecular formula is C15H23NO2. The fourth-order valence-corrected chi connectivity index (χ4v) is 1.87. The van der Waals surface area contributed by atoms with Crippen LogP contribution in [0.15, 0.2) is 24.3 Å². The molecule has 0 bridgehead atoms. The highest BCUT2D eigenvalue weighted by atomic mass is 16.4. The van der Waals surface area contributed by atoms with Gasteiger partial charge in [0.15, 0.2) is 0 Å². The topological polar surface area (TPSA) is 40.5 Å². The van der Waals surface area contributed by atoms with Crippen molar-refractivity contribution in [3.63, 3.8) is 0 Å². The Kier molecular flexibility index (Phi) is 5.86. The second kappa shape index (κ2) is 7.17. The maximum absolute atomic E-state index is 10.9. The minimum Gasteiger partial charge on any atom is -0.481 e. The SMILES string of the molecule is CCCCN(C)Cc1ccc(C(C)C(=O)O)cc1. The van der Waals surface area contributed by atoms with Gasteiger partial charge in [-0.1, -0.05) is 37.6 Å². The number of carboxylic acids is 1. The Hall–Kier alpha value is -1.35. The summed E-state index contributed by atoms with van der Waals surface area (Å²) in [6.45, 7) is 5.92. The molecule has 1 aromatic rings. The van der Waals surface area contributed by atoms with Crippen LogP contribution in [0, 0.1) is 0 Å².